The predicted molar refractivity (Wildman–Crippen MR) is 24.9 cm³/mol. The molecule has 1 saturated heterocycles. The maximum Gasteiger partial charge on any atom is 0.325 e. The van der Waals surface area contributed by atoms with Crippen LogP contribution in [0, 0.1) is 0 Å². The molecule has 1 heterocycles. The lowest BCUT2D eigenvalue weighted by Crippen LogP contribution is -2.35. The van der Waals surface area contributed by atoms with Gasteiger partial charge in [0.05, 0.1) is 0 Å². The van der Waals surface area contributed by atoms with Crippen molar-refractivity contribution >= 4 is 5.97 Å². The first-order valence-electron chi connectivity index (χ1n) is 2.32. The van der Waals surface area contributed by atoms with Crippen LogP contribution in [0.4, 0.5) is 0 Å². The molecule has 0 aromatic heterocycles. The lowest BCUT2D eigenvalue weighted by atomic mass is 10.2. The van der Waals surface area contributed by atoms with Crippen molar-refractivity contribution in [2.45, 2.75) is 12.1 Å². The molecule has 8 heavy (non-hydrogen) atoms. The topological polar surface area (TPSA) is 72.6 Å². The van der Waals surface area contributed by atoms with Crippen molar-refractivity contribution in [3.05, 3.63) is 0 Å². The number of aliphatic hydroxyl groups is 1. The van der Waals surface area contributed by atoms with Gasteiger partial charge in [0.1, 0.15) is 18.8 Å². The largest absolute Gasteiger partial charge is 0.462 e. The summed E-state index contributed by atoms with van der Waals surface area (Å²) >= 11 is 0. The van der Waals surface area contributed by atoms with E-state index in [0.717, 1.165) is 0 Å². The Bertz CT molecular complexity index is 114. The molecule has 4 nitrogen and oxygen atoms in total. The molecule has 4 heteroatoms. The Labute approximate surface area is 46.2 Å². The summed E-state index contributed by atoms with van der Waals surface area (Å²) in [4.78, 5) is 10.3. The second-order valence-corrected chi connectivity index (χ2v) is 1.72. The van der Waals surface area contributed by atoms with Crippen LogP contribution in [0.1, 0.15) is 0 Å². The summed E-state index contributed by atoms with van der Waals surface area (Å²) in [5.74, 6) is -0.516. The van der Waals surface area contributed by atoms with Gasteiger partial charge in [-0.2, -0.15) is 0 Å². The van der Waals surface area contributed by atoms with Gasteiger partial charge in [-0.3, -0.25) is 4.79 Å². The molecule has 3 N–H and O–H groups in total. The fourth-order valence-electron chi connectivity index (χ4n) is 0.524. The minimum Gasteiger partial charge on any atom is -0.462 e. The van der Waals surface area contributed by atoms with E-state index < -0.39 is 18.1 Å². The Morgan fingerprint density at radius 1 is 1.88 bits per heavy atom. The standard InChI is InChI=1S/C4H7NO3/c5-3-2(6)1-8-4(3)7/h2-3,6H,1,5H2/t2-,3-/m0/s1. The zero-order valence-corrected chi connectivity index (χ0v) is 4.20. The zero-order chi connectivity index (χ0) is 6.15. The molecule has 0 unspecified atom stereocenters. The maximum absolute atomic E-state index is 10.3. The monoisotopic (exact) mass is 117 g/mol. The van der Waals surface area contributed by atoms with Crippen LogP contribution in [-0.4, -0.2) is 29.8 Å². The van der Waals surface area contributed by atoms with Crippen LogP contribution in [-0.2, 0) is 9.53 Å². The first kappa shape index (κ1) is 5.53. The summed E-state index contributed by atoms with van der Waals surface area (Å²) in [7, 11) is 0. The van der Waals surface area contributed by atoms with Gasteiger partial charge in [-0.1, -0.05) is 0 Å². The van der Waals surface area contributed by atoms with Gasteiger partial charge < -0.3 is 15.6 Å². The van der Waals surface area contributed by atoms with E-state index in [9.17, 15) is 4.79 Å². The Kier molecular flexibility index (Phi) is 1.19. The number of ether oxygens (including phenoxy) is 1. The second-order valence-electron chi connectivity index (χ2n) is 1.72. The fourth-order valence-corrected chi connectivity index (χ4v) is 0.524. The van der Waals surface area contributed by atoms with Crippen LogP contribution in [0.5, 0.6) is 0 Å². The molecular weight excluding hydrogens is 110 g/mol. The molecule has 0 bridgehead atoms. The Hall–Kier alpha value is -0.610. The number of aliphatic hydroxyl groups excluding tert-OH is 1. The number of hydrogen-bond donors (Lipinski definition) is 2. The van der Waals surface area contributed by atoms with Crippen molar-refractivity contribution in [1.82, 2.24) is 0 Å². The van der Waals surface area contributed by atoms with Gasteiger partial charge in [0.25, 0.3) is 0 Å². The first-order chi connectivity index (χ1) is 3.72. The molecule has 0 aromatic carbocycles. The van der Waals surface area contributed by atoms with E-state index in [4.69, 9.17) is 10.8 Å². The summed E-state index contributed by atoms with van der Waals surface area (Å²) in [6.07, 6.45) is -0.803. The molecule has 0 aromatic rings. The first-order valence-corrected chi connectivity index (χ1v) is 2.32. The number of carbonyl (C=O) groups excluding carboxylic acids is 1. The van der Waals surface area contributed by atoms with E-state index in [-0.39, 0.29) is 6.61 Å². The molecule has 0 amide bonds. The molecule has 0 saturated carbocycles. The molecule has 2 atom stereocenters. The van der Waals surface area contributed by atoms with Crippen molar-refractivity contribution in [2.24, 2.45) is 5.73 Å². The highest BCUT2D eigenvalue weighted by atomic mass is 16.6. The number of hydrogen-bond acceptors (Lipinski definition) is 4. The number of rotatable bonds is 0. The Balaban J connectivity index is 2.56. The minimum absolute atomic E-state index is 0.0417. The Morgan fingerprint density at radius 2 is 2.50 bits per heavy atom. The minimum atomic E-state index is -0.824. The molecule has 0 radical (unpaired) electrons. The zero-order valence-electron chi connectivity index (χ0n) is 4.20. The van der Waals surface area contributed by atoms with E-state index in [1.165, 1.54) is 0 Å². The van der Waals surface area contributed by atoms with Crippen molar-refractivity contribution in [3.8, 4) is 0 Å². The molecule has 0 aliphatic carbocycles. The van der Waals surface area contributed by atoms with E-state index in [2.05, 4.69) is 4.74 Å². The summed E-state index contributed by atoms with van der Waals surface area (Å²) in [6.45, 7) is 0.0417. The number of cyclic esters (lactones) is 1. The quantitative estimate of drug-likeness (QED) is 0.368. The highest BCUT2D eigenvalue weighted by molar-refractivity contribution is 5.78. The average molecular weight is 117 g/mol. The summed E-state index contributed by atoms with van der Waals surface area (Å²) < 4.78 is 4.36. The van der Waals surface area contributed by atoms with Gasteiger partial charge in [0.2, 0.25) is 0 Å². The molecule has 1 aliphatic rings. The number of nitrogens with two attached hydrogens (primary N) is 1. The maximum atomic E-state index is 10.3. The third-order valence-electron chi connectivity index (χ3n) is 1.08. The number of esters is 1. The highest BCUT2D eigenvalue weighted by Crippen LogP contribution is 2.02. The van der Waals surface area contributed by atoms with Crippen LogP contribution in [0.15, 0.2) is 0 Å². The smallest absolute Gasteiger partial charge is 0.325 e. The van der Waals surface area contributed by atoms with Gasteiger partial charge >= 0.3 is 5.97 Å². The lowest BCUT2D eigenvalue weighted by Gasteiger charge is -1.98. The number of carbonyl (C=O) groups is 1. The second kappa shape index (κ2) is 1.72. The van der Waals surface area contributed by atoms with Gasteiger partial charge in [0.15, 0.2) is 0 Å². The lowest BCUT2D eigenvalue weighted by molar-refractivity contribution is -0.139. The normalized spacial score (nSPS) is 37.5. The molecule has 0 spiro atoms. The van der Waals surface area contributed by atoms with E-state index in [1.54, 1.807) is 0 Å². The van der Waals surface area contributed by atoms with Crippen LogP contribution in [0.2, 0.25) is 0 Å². The van der Waals surface area contributed by atoms with E-state index in [1.807, 2.05) is 0 Å². The van der Waals surface area contributed by atoms with Crippen molar-refractivity contribution in [3.63, 3.8) is 0 Å². The van der Waals surface area contributed by atoms with Gasteiger partial charge in [-0.25, -0.2) is 0 Å². The molecule has 46 valence electrons. The highest BCUT2D eigenvalue weighted by Gasteiger charge is 2.31. The predicted octanol–water partition coefficient (Wildman–Crippen LogP) is -1.77. The molecular formula is C4H7NO3. The van der Waals surface area contributed by atoms with E-state index >= 15 is 0 Å². The third-order valence-corrected chi connectivity index (χ3v) is 1.08. The van der Waals surface area contributed by atoms with Crippen molar-refractivity contribution < 1.29 is 14.6 Å². The summed E-state index contributed by atoms with van der Waals surface area (Å²) in [6, 6.07) is -0.824. The van der Waals surface area contributed by atoms with Crippen LogP contribution in [0.3, 0.4) is 0 Å². The third kappa shape index (κ3) is 0.677. The SMILES string of the molecule is N[C@@H]1C(=O)OC[C@@H]1O. The molecule has 1 fully saturated rings. The summed E-state index contributed by atoms with van der Waals surface area (Å²) in [5.41, 5.74) is 5.10. The van der Waals surface area contributed by atoms with Crippen molar-refractivity contribution in [2.75, 3.05) is 6.61 Å². The van der Waals surface area contributed by atoms with Gasteiger partial charge in [0, 0.05) is 0 Å². The average Bonchev–Trinajstić information content (AvgIpc) is 1.98. The summed E-state index contributed by atoms with van der Waals surface area (Å²) in [5, 5.41) is 8.70. The molecule has 1 aliphatic heterocycles. The Morgan fingerprint density at radius 3 is 2.62 bits per heavy atom. The van der Waals surface area contributed by atoms with Crippen LogP contribution >= 0.6 is 0 Å². The van der Waals surface area contributed by atoms with E-state index in [0.29, 0.717) is 0 Å². The van der Waals surface area contributed by atoms with Crippen LogP contribution < -0.4 is 5.73 Å². The van der Waals surface area contributed by atoms with Gasteiger partial charge in [-0.15, -0.1) is 0 Å². The van der Waals surface area contributed by atoms with Crippen LogP contribution in [0.25, 0.3) is 0 Å². The van der Waals surface area contributed by atoms with Crippen molar-refractivity contribution in [1.29, 1.82) is 0 Å². The fraction of sp³-hybridized carbons (Fsp3) is 0.750. The van der Waals surface area contributed by atoms with Gasteiger partial charge in [-0.05, 0) is 0 Å². The molecule has 1 rings (SSSR count).